The van der Waals surface area contributed by atoms with Gasteiger partial charge in [-0.25, -0.2) is 4.79 Å². The van der Waals surface area contributed by atoms with Gasteiger partial charge in [0.1, 0.15) is 0 Å². The number of unbranched alkanes of at least 4 members (excludes halogenated alkanes) is 1. The lowest BCUT2D eigenvalue weighted by molar-refractivity contribution is 0.0690. The molecule has 0 saturated heterocycles. The number of carboxylic acids is 1. The first-order valence-electron chi connectivity index (χ1n) is 9.96. The van der Waals surface area contributed by atoms with Gasteiger partial charge in [-0.05, 0) is 30.7 Å². The van der Waals surface area contributed by atoms with Crippen LogP contribution in [-0.2, 0) is 0 Å². The maximum absolute atomic E-state index is 13.0. The highest BCUT2D eigenvalue weighted by molar-refractivity contribution is 8.02. The minimum absolute atomic E-state index is 0.00479. The van der Waals surface area contributed by atoms with Crippen molar-refractivity contribution >= 4 is 58.6 Å². The zero-order valence-corrected chi connectivity index (χ0v) is 20.4. The van der Waals surface area contributed by atoms with Gasteiger partial charge in [-0.1, -0.05) is 96.5 Å². The SMILES string of the molecule is CCCCNC(=O)c1c(Cl)c(Sc2ccccc2)c(Sc2ccccc2)c(Cl)c1C(=O)O. The molecule has 0 atom stereocenters. The molecule has 0 saturated carbocycles. The first kappa shape index (κ1) is 24.5. The topological polar surface area (TPSA) is 66.4 Å². The fourth-order valence-electron chi connectivity index (χ4n) is 2.92. The number of nitrogens with one attached hydrogen (secondary N) is 1. The van der Waals surface area contributed by atoms with Gasteiger partial charge in [0.25, 0.3) is 5.91 Å². The molecule has 3 aromatic rings. The summed E-state index contributed by atoms with van der Waals surface area (Å²) in [6.07, 6.45) is 1.66. The average molecular weight is 506 g/mol. The molecule has 4 nitrogen and oxygen atoms in total. The Hall–Kier alpha value is -2.12. The molecule has 0 aliphatic rings. The van der Waals surface area contributed by atoms with E-state index in [-0.39, 0.29) is 21.2 Å². The van der Waals surface area contributed by atoms with Crippen LogP contribution in [0.5, 0.6) is 0 Å². The first-order chi connectivity index (χ1) is 15.4. The van der Waals surface area contributed by atoms with E-state index in [0.717, 1.165) is 22.6 Å². The molecule has 0 unspecified atom stereocenters. The summed E-state index contributed by atoms with van der Waals surface area (Å²) in [6, 6.07) is 19.0. The zero-order valence-electron chi connectivity index (χ0n) is 17.2. The fraction of sp³-hybridized carbons (Fsp3) is 0.167. The van der Waals surface area contributed by atoms with Gasteiger partial charge in [-0.15, -0.1) is 0 Å². The highest BCUT2D eigenvalue weighted by atomic mass is 35.5. The molecule has 1 amide bonds. The number of hydrogen-bond donors (Lipinski definition) is 2. The van der Waals surface area contributed by atoms with Crippen LogP contribution in [0, 0.1) is 0 Å². The Kier molecular flexibility index (Phi) is 8.93. The van der Waals surface area contributed by atoms with E-state index in [0.29, 0.717) is 16.3 Å². The number of halogens is 2. The van der Waals surface area contributed by atoms with Gasteiger partial charge in [-0.2, -0.15) is 0 Å². The summed E-state index contributed by atoms with van der Waals surface area (Å²) < 4.78 is 0. The molecule has 3 rings (SSSR count). The van der Waals surface area contributed by atoms with Gasteiger partial charge >= 0.3 is 5.97 Å². The smallest absolute Gasteiger partial charge is 0.338 e. The normalized spacial score (nSPS) is 10.7. The van der Waals surface area contributed by atoms with Crippen LogP contribution >= 0.6 is 46.7 Å². The summed E-state index contributed by atoms with van der Waals surface area (Å²) in [6.45, 7) is 2.42. The van der Waals surface area contributed by atoms with E-state index < -0.39 is 11.9 Å². The van der Waals surface area contributed by atoms with E-state index in [9.17, 15) is 14.7 Å². The molecule has 0 spiro atoms. The Balaban J connectivity index is 2.20. The van der Waals surface area contributed by atoms with Crippen molar-refractivity contribution in [3.05, 3.63) is 81.8 Å². The average Bonchev–Trinajstić information content (AvgIpc) is 2.79. The molecule has 0 aromatic heterocycles. The molecule has 32 heavy (non-hydrogen) atoms. The third-order valence-corrected chi connectivity index (χ3v) is 7.83. The third-order valence-electron chi connectivity index (χ3n) is 4.48. The Labute approximate surface area is 205 Å². The number of amides is 1. The number of carboxylic acid groups (broad SMARTS) is 1. The van der Waals surface area contributed by atoms with E-state index in [1.54, 1.807) is 0 Å². The van der Waals surface area contributed by atoms with E-state index in [2.05, 4.69) is 5.32 Å². The number of rotatable bonds is 9. The van der Waals surface area contributed by atoms with Crippen LogP contribution < -0.4 is 5.32 Å². The Morgan fingerprint density at radius 3 is 1.75 bits per heavy atom. The quantitative estimate of drug-likeness (QED) is 0.294. The van der Waals surface area contributed by atoms with Gasteiger partial charge in [0, 0.05) is 26.1 Å². The highest BCUT2D eigenvalue weighted by Gasteiger charge is 2.30. The number of carbonyl (C=O) groups excluding carboxylic acids is 1. The fourth-order valence-corrected chi connectivity index (χ4v) is 5.89. The van der Waals surface area contributed by atoms with E-state index in [1.165, 1.54) is 23.5 Å². The van der Waals surface area contributed by atoms with Gasteiger partial charge in [0.2, 0.25) is 0 Å². The number of hydrogen-bond acceptors (Lipinski definition) is 4. The molecular formula is C24H21Cl2NO3S2. The van der Waals surface area contributed by atoms with Crippen molar-refractivity contribution in [2.45, 2.75) is 39.3 Å². The molecular weight excluding hydrogens is 485 g/mol. The van der Waals surface area contributed by atoms with Crippen molar-refractivity contribution in [3.63, 3.8) is 0 Å². The summed E-state index contributed by atoms with van der Waals surface area (Å²) in [5, 5.41) is 12.8. The molecule has 0 fully saturated rings. The van der Waals surface area contributed by atoms with E-state index >= 15 is 0 Å². The highest BCUT2D eigenvalue weighted by Crippen LogP contribution is 2.49. The summed E-state index contributed by atoms with van der Waals surface area (Å²) >= 11 is 16.1. The summed E-state index contributed by atoms with van der Waals surface area (Å²) in [5.74, 6) is -1.85. The van der Waals surface area contributed by atoms with Crippen LogP contribution in [0.15, 0.2) is 80.2 Å². The second-order valence-electron chi connectivity index (χ2n) is 6.78. The molecule has 0 bridgehead atoms. The van der Waals surface area contributed by atoms with Crippen LogP contribution in [-0.4, -0.2) is 23.5 Å². The molecule has 8 heteroatoms. The molecule has 0 aliphatic carbocycles. The van der Waals surface area contributed by atoms with Gasteiger partial charge in [0.15, 0.2) is 0 Å². The maximum Gasteiger partial charge on any atom is 0.338 e. The van der Waals surface area contributed by atoms with Gasteiger partial charge in [-0.3, -0.25) is 4.79 Å². The summed E-state index contributed by atoms with van der Waals surface area (Å²) in [5.41, 5.74) is -0.405. The van der Waals surface area contributed by atoms with E-state index in [4.69, 9.17) is 23.2 Å². The standard InChI is InChI=1S/C24H21Cl2NO3S2/c1-2-3-14-27-23(28)17-18(24(29)30)20(26)22(32-16-12-8-5-9-13-16)21(19(17)25)31-15-10-6-4-7-11-15/h4-13H,2-3,14H2,1H3,(H,27,28)(H,29,30). The second-order valence-corrected chi connectivity index (χ2v) is 9.70. The largest absolute Gasteiger partial charge is 0.478 e. The predicted molar refractivity (Wildman–Crippen MR) is 132 cm³/mol. The van der Waals surface area contributed by atoms with Crippen LogP contribution in [0.1, 0.15) is 40.5 Å². The molecule has 0 aliphatic heterocycles. The molecule has 3 aromatic carbocycles. The maximum atomic E-state index is 13.0. The van der Waals surface area contributed by atoms with Crippen LogP contribution in [0.2, 0.25) is 10.0 Å². The molecule has 166 valence electrons. The third kappa shape index (κ3) is 5.81. The minimum Gasteiger partial charge on any atom is -0.478 e. The van der Waals surface area contributed by atoms with E-state index in [1.807, 2.05) is 67.6 Å². The van der Waals surface area contributed by atoms with Crippen LogP contribution in [0.25, 0.3) is 0 Å². The lowest BCUT2D eigenvalue weighted by atomic mass is 10.1. The summed E-state index contributed by atoms with van der Waals surface area (Å²) in [4.78, 5) is 27.9. The van der Waals surface area contributed by atoms with Crippen LogP contribution in [0.4, 0.5) is 0 Å². The molecule has 2 N–H and O–H groups in total. The van der Waals surface area contributed by atoms with Crippen molar-refractivity contribution in [1.82, 2.24) is 5.32 Å². The lowest BCUT2D eigenvalue weighted by Gasteiger charge is -2.19. The lowest BCUT2D eigenvalue weighted by Crippen LogP contribution is -2.27. The molecule has 0 radical (unpaired) electrons. The number of aromatic carboxylic acids is 1. The Morgan fingerprint density at radius 1 is 0.844 bits per heavy atom. The van der Waals surface area contributed by atoms with Crippen molar-refractivity contribution in [1.29, 1.82) is 0 Å². The Bertz CT molecular complexity index is 1110. The van der Waals surface area contributed by atoms with Crippen LogP contribution in [0.3, 0.4) is 0 Å². The van der Waals surface area contributed by atoms with Crippen molar-refractivity contribution < 1.29 is 14.7 Å². The summed E-state index contributed by atoms with van der Waals surface area (Å²) in [7, 11) is 0. The number of carbonyl (C=O) groups is 2. The van der Waals surface area contributed by atoms with Crippen molar-refractivity contribution in [2.75, 3.05) is 6.54 Å². The Morgan fingerprint density at radius 2 is 1.31 bits per heavy atom. The van der Waals surface area contributed by atoms with Gasteiger partial charge < -0.3 is 10.4 Å². The first-order valence-corrected chi connectivity index (χ1v) is 12.3. The monoisotopic (exact) mass is 505 g/mol. The zero-order chi connectivity index (χ0) is 23.1. The molecule has 0 heterocycles. The van der Waals surface area contributed by atoms with Gasteiger partial charge in [0.05, 0.1) is 21.2 Å². The predicted octanol–water partition coefficient (Wildman–Crippen LogP) is 7.52. The van der Waals surface area contributed by atoms with Crippen molar-refractivity contribution in [3.8, 4) is 0 Å². The minimum atomic E-state index is -1.30. The van der Waals surface area contributed by atoms with Crippen molar-refractivity contribution in [2.24, 2.45) is 0 Å². The second kappa shape index (κ2) is 11.7. The number of benzene rings is 3.